The van der Waals surface area contributed by atoms with E-state index in [0.717, 1.165) is 11.6 Å². The van der Waals surface area contributed by atoms with Crippen molar-refractivity contribution in [2.45, 2.75) is 19.0 Å². The van der Waals surface area contributed by atoms with E-state index in [1.807, 2.05) is 0 Å². The van der Waals surface area contributed by atoms with Gasteiger partial charge in [0.2, 0.25) is 5.78 Å². The molecule has 3 N–H and O–H groups in total. The summed E-state index contributed by atoms with van der Waals surface area (Å²) in [6, 6.07) is 12.5. The van der Waals surface area contributed by atoms with Crippen molar-refractivity contribution in [1.29, 1.82) is 0 Å². The Hall–Kier alpha value is -4.41. The Balaban J connectivity index is 1.74. The van der Waals surface area contributed by atoms with E-state index in [1.54, 1.807) is 66.5 Å². The predicted molar refractivity (Wildman–Crippen MR) is 119 cm³/mol. The SMILES string of the molecule is Cn1cc2cccc(-c3nn(C(F)F)cc3C(=O)NC(Cc3ccccc3)C(=O)C(N)=O)c2n1. The number of hydrogen-bond acceptors (Lipinski definition) is 5. The van der Waals surface area contributed by atoms with Gasteiger partial charge in [0, 0.05) is 36.8 Å². The van der Waals surface area contributed by atoms with Crippen LogP contribution < -0.4 is 11.1 Å². The van der Waals surface area contributed by atoms with Crippen LogP contribution in [0.5, 0.6) is 0 Å². The van der Waals surface area contributed by atoms with E-state index in [0.29, 0.717) is 21.3 Å². The van der Waals surface area contributed by atoms with Crippen molar-refractivity contribution in [3.05, 3.63) is 72.1 Å². The molecule has 2 aromatic heterocycles. The molecule has 9 nitrogen and oxygen atoms in total. The Kier molecular flexibility index (Phi) is 6.17. The van der Waals surface area contributed by atoms with Crippen molar-refractivity contribution in [3.63, 3.8) is 0 Å². The molecule has 11 heteroatoms. The zero-order chi connectivity index (χ0) is 24.4. The maximum absolute atomic E-state index is 13.5. The van der Waals surface area contributed by atoms with Gasteiger partial charge in [-0.3, -0.25) is 19.1 Å². The van der Waals surface area contributed by atoms with Gasteiger partial charge in [-0.05, 0) is 5.56 Å². The lowest BCUT2D eigenvalue weighted by Crippen LogP contribution is -2.47. The van der Waals surface area contributed by atoms with Crippen LogP contribution in [0.1, 0.15) is 22.5 Å². The summed E-state index contributed by atoms with van der Waals surface area (Å²) in [6.45, 7) is -3.00. The van der Waals surface area contributed by atoms with Crippen LogP contribution in [0.2, 0.25) is 0 Å². The highest BCUT2D eigenvalue weighted by atomic mass is 19.3. The summed E-state index contributed by atoms with van der Waals surface area (Å²) in [5, 5.41) is 11.4. The first-order valence-electron chi connectivity index (χ1n) is 10.2. The summed E-state index contributed by atoms with van der Waals surface area (Å²) in [7, 11) is 1.71. The van der Waals surface area contributed by atoms with Crippen LogP contribution in [0.3, 0.4) is 0 Å². The number of rotatable bonds is 8. The van der Waals surface area contributed by atoms with Gasteiger partial charge >= 0.3 is 6.55 Å². The molecule has 0 radical (unpaired) electrons. The summed E-state index contributed by atoms with van der Waals surface area (Å²) < 4.78 is 28.9. The number of ketones is 1. The number of nitrogens with two attached hydrogens (primary N) is 1. The molecule has 0 spiro atoms. The lowest BCUT2D eigenvalue weighted by atomic mass is 10.0. The van der Waals surface area contributed by atoms with Gasteiger partial charge < -0.3 is 11.1 Å². The van der Waals surface area contributed by atoms with Crippen LogP contribution in [0, 0.1) is 0 Å². The van der Waals surface area contributed by atoms with Crippen LogP contribution in [0.15, 0.2) is 60.9 Å². The second-order valence-corrected chi connectivity index (χ2v) is 7.64. The summed E-state index contributed by atoms with van der Waals surface area (Å²) in [5.41, 5.74) is 6.43. The number of benzene rings is 2. The first kappa shape index (κ1) is 22.8. The van der Waals surface area contributed by atoms with Crippen LogP contribution in [-0.4, -0.2) is 43.2 Å². The van der Waals surface area contributed by atoms with E-state index in [4.69, 9.17) is 5.73 Å². The number of aryl methyl sites for hydroxylation is 1. The largest absolute Gasteiger partial charge is 0.363 e. The molecule has 1 atom stereocenters. The molecule has 2 amide bonds. The number of carbonyl (C=O) groups is 3. The third kappa shape index (κ3) is 4.53. The molecule has 0 aliphatic heterocycles. The standard InChI is InChI=1S/C23H20F2N6O3/c1-30-11-14-8-5-9-15(18(14)28-30)19-16(12-31(29-19)23(24)25)22(34)27-17(20(32)21(26)33)10-13-6-3-2-4-7-13/h2-9,11-12,17,23H,10H2,1H3,(H2,26,33)(H,27,34). The number of aromatic nitrogens is 4. The smallest absolute Gasteiger partial charge is 0.333 e. The molecule has 2 heterocycles. The van der Waals surface area contributed by atoms with E-state index >= 15 is 0 Å². The fraction of sp³-hybridized carbons (Fsp3) is 0.174. The first-order valence-corrected chi connectivity index (χ1v) is 10.2. The van der Waals surface area contributed by atoms with Gasteiger partial charge in [0.25, 0.3) is 11.8 Å². The zero-order valence-electron chi connectivity index (χ0n) is 18.0. The number of nitrogens with zero attached hydrogens (tertiary/aromatic N) is 4. The Labute approximate surface area is 192 Å². The summed E-state index contributed by atoms with van der Waals surface area (Å²) in [4.78, 5) is 37.2. The van der Waals surface area contributed by atoms with Crippen LogP contribution in [-0.2, 0) is 23.1 Å². The summed E-state index contributed by atoms with van der Waals surface area (Å²) in [5.74, 6) is -3.08. The second-order valence-electron chi connectivity index (χ2n) is 7.64. The molecule has 0 fully saturated rings. The Morgan fingerprint density at radius 2 is 1.76 bits per heavy atom. The predicted octanol–water partition coefficient (Wildman–Crippen LogP) is 2.23. The molecule has 34 heavy (non-hydrogen) atoms. The third-order valence-electron chi connectivity index (χ3n) is 5.23. The average molecular weight is 466 g/mol. The van der Waals surface area contributed by atoms with E-state index in [1.165, 1.54) is 0 Å². The molecule has 0 saturated heterocycles. The highest BCUT2D eigenvalue weighted by molar-refractivity contribution is 6.38. The zero-order valence-corrected chi connectivity index (χ0v) is 18.0. The Morgan fingerprint density at radius 3 is 2.44 bits per heavy atom. The maximum atomic E-state index is 13.5. The molecule has 0 bridgehead atoms. The average Bonchev–Trinajstić information content (AvgIpc) is 3.42. The van der Waals surface area contributed by atoms with Crippen molar-refractivity contribution < 1.29 is 23.2 Å². The quantitative estimate of drug-likeness (QED) is 0.385. The number of nitrogens with one attached hydrogen (secondary N) is 1. The van der Waals surface area contributed by atoms with Crippen LogP contribution in [0.25, 0.3) is 22.2 Å². The molecule has 0 saturated carbocycles. The van der Waals surface area contributed by atoms with Gasteiger partial charge in [0.05, 0.1) is 5.56 Å². The molecular weight excluding hydrogens is 446 g/mol. The van der Waals surface area contributed by atoms with Gasteiger partial charge in [-0.15, -0.1) is 0 Å². The lowest BCUT2D eigenvalue weighted by molar-refractivity contribution is -0.137. The summed E-state index contributed by atoms with van der Waals surface area (Å²) >= 11 is 0. The van der Waals surface area contributed by atoms with E-state index in [9.17, 15) is 23.2 Å². The van der Waals surface area contributed by atoms with Crippen LogP contribution >= 0.6 is 0 Å². The number of carbonyl (C=O) groups excluding carboxylic acids is 3. The van der Waals surface area contributed by atoms with Crippen molar-refractivity contribution >= 4 is 28.5 Å². The third-order valence-corrected chi connectivity index (χ3v) is 5.23. The highest BCUT2D eigenvalue weighted by Crippen LogP contribution is 2.30. The van der Waals surface area contributed by atoms with Crippen molar-refractivity contribution in [3.8, 4) is 11.3 Å². The van der Waals surface area contributed by atoms with Crippen molar-refractivity contribution in [1.82, 2.24) is 24.9 Å². The topological polar surface area (TPSA) is 125 Å². The Morgan fingerprint density at radius 1 is 1.03 bits per heavy atom. The maximum Gasteiger partial charge on any atom is 0.333 e. The van der Waals surface area contributed by atoms with Gasteiger partial charge in [-0.1, -0.05) is 48.5 Å². The first-order chi connectivity index (χ1) is 16.2. The Bertz CT molecular complexity index is 1380. The minimum atomic E-state index is -3.00. The van der Waals surface area contributed by atoms with Gasteiger partial charge in [-0.2, -0.15) is 19.0 Å². The minimum Gasteiger partial charge on any atom is -0.363 e. The van der Waals surface area contributed by atoms with E-state index < -0.39 is 30.2 Å². The lowest BCUT2D eigenvalue weighted by Gasteiger charge is -2.16. The monoisotopic (exact) mass is 466 g/mol. The fourth-order valence-corrected chi connectivity index (χ4v) is 3.68. The molecule has 4 aromatic rings. The molecular formula is C23H20F2N6O3. The number of primary amides is 1. The molecule has 4 rings (SSSR count). The molecule has 0 aliphatic carbocycles. The van der Waals surface area contributed by atoms with Crippen LogP contribution in [0.4, 0.5) is 8.78 Å². The van der Waals surface area contributed by atoms with Gasteiger partial charge in [-0.25, -0.2) is 4.68 Å². The molecule has 174 valence electrons. The molecule has 1 unspecified atom stereocenters. The fourth-order valence-electron chi connectivity index (χ4n) is 3.68. The van der Waals surface area contributed by atoms with Gasteiger partial charge in [0.1, 0.15) is 17.3 Å². The second kappa shape index (κ2) is 9.22. The number of halogens is 2. The van der Waals surface area contributed by atoms with Crippen molar-refractivity contribution in [2.75, 3.05) is 0 Å². The molecule has 2 aromatic carbocycles. The van der Waals surface area contributed by atoms with Crippen molar-refractivity contribution in [2.24, 2.45) is 12.8 Å². The number of alkyl halides is 2. The highest BCUT2D eigenvalue weighted by Gasteiger charge is 2.29. The normalized spacial score (nSPS) is 12.1. The number of fused-ring (bicyclic) bond motifs is 1. The number of Topliss-reactive ketones (excluding diaryl/α,β-unsaturated/α-hetero) is 1. The van der Waals surface area contributed by atoms with Gasteiger partial charge in [0.15, 0.2) is 0 Å². The number of amides is 2. The molecule has 0 aliphatic rings. The minimum absolute atomic E-state index is 0.0114. The van der Waals surface area contributed by atoms with E-state index in [-0.39, 0.29) is 17.7 Å². The number of hydrogen-bond donors (Lipinski definition) is 2. The van der Waals surface area contributed by atoms with E-state index in [2.05, 4.69) is 15.5 Å². The summed E-state index contributed by atoms with van der Waals surface area (Å²) in [6.07, 6.45) is 2.62.